The predicted octanol–water partition coefficient (Wildman–Crippen LogP) is 8.26. The SMILES string of the molecule is [N-]=[N+]=NCc1ccccc1C[C@]1(C(=O)NNCc2ccc(C(F)(F)F)cc2)N=C(c2ccc(OCCCO)cc2)O[C@H]1c1ccc(-c2ccccc2)cc1. The van der Waals surface area contributed by atoms with E-state index in [0.29, 0.717) is 46.6 Å². The van der Waals surface area contributed by atoms with E-state index in [0.717, 1.165) is 23.3 Å². The first kappa shape index (κ1) is 37.6. The molecule has 0 aromatic heterocycles. The number of nitrogens with zero attached hydrogens (tertiary/aromatic N) is 4. The lowest BCUT2D eigenvalue weighted by molar-refractivity contribution is -0.137. The molecule has 5 aromatic rings. The molecular formula is C41H37F3N6O4. The van der Waals surface area contributed by atoms with Gasteiger partial charge >= 0.3 is 6.18 Å². The number of nitrogens with one attached hydrogen (secondary N) is 2. The van der Waals surface area contributed by atoms with Gasteiger partial charge in [0.2, 0.25) is 5.90 Å². The third-order valence-electron chi connectivity index (χ3n) is 9.01. The molecule has 0 unspecified atom stereocenters. The number of halogens is 3. The van der Waals surface area contributed by atoms with Gasteiger partial charge in [-0.2, -0.15) is 13.2 Å². The summed E-state index contributed by atoms with van der Waals surface area (Å²) in [6.07, 6.45) is -4.90. The Morgan fingerprint density at radius 1 is 0.870 bits per heavy atom. The molecular weight excluding hydrogens is 697 g/mol. The van der Waals surface area contributed by atoms with Crippen molar-refractivity contribution in [1.29, 1.82) is 0 Å². The molecule has 0 fully saturated rings. The standard InChI is InChI=1S/C41H37F3N6O4/c42-41(43,44)35-19-11-28(12-20-35)26-46-49-39(52)40(25-33-9-4-5-10-34(33)27-47-50-45)37(31-15-13-30(14-16-31)29-7-2-1-3-8-29)54-38(48-40)32-17-21-36(22-18-32)53-24-6-23-51/h1-5,7-22,37,46,51H,6,23-27H2,(H,49,52)/t37-,40-/m0/s1. The van der Waals surface area contributed by atoms with Crippen molar-refractivity contribution < 1.29 is 32.5 Å². The lowest BCUT2D eigenvalue weighted by Crippen LogP contribution is -2.53. The summed E-state index contributed by atoms with van der Waals surface area (Å²) in [4.78, 5) is 22.7. The van der Waals surface area contributed by atoms with E-state index in [1.165, 1.54) is 12.1 Å². The summed E-state index contributed by atoms with van der Waals surface area (Å²) in [7, 11) is 0. The van der Waals surface area contributed by atoms with Crippen molar-refractivity contribution in [3.63, 3.8) is 0 Å². The summed E-state index contributed by atoms with van der Waals surface area (Å²) in [5, 5.41) is 12.9. The largest absolute Gasteiger partial charge is 0.494 e. The van der Waals surface area contributed by atoms with Gasteiger partial charge in [-0.05, 0) is 75.3 Å². The van der Waals surface area contributed by atoms with E-state index in [1.54, 1.807) is 24.3 Å². The highest BCUT2D eigenvalue weighted by atomic mass is 19.4. The number of aliphatic hydroxyl groups is 1. The van der Waals surface area contributed by atoms with Gasteiger partial charge in [-0.1, -0.05) is 96.1 Å². The van der Waals surface area contributed by atoms with Gasteiger partial charge in [0, 0.05) is 36.5 Å². The molecule has 276 valence electrons. The normalized spacial score (nSPS) is 16.5. The van der Waals surface area contributed by atoms with Crippen LogP contribution in [0.2, 0.25) is 0 Å². The fraction of sp³-hybridized carbons (Fsp3) is 0.220. The Morgan fingerprint density at radius 2 is 1.52 bits per heavy atom. The Labute approximate surface area is 309 Å². The van der Waals surface area contributed by atoms with Crippen LogP contribution in [0.1, 0.15) is 45.9 Å². The van der Waals surface area contributed by atoms with Crippen LogP contribution in [0.4, 0.5) is 13.2 Å². The van der Waals surface area contributed by atoms with Crippen molar-refractivity contribution in [2.45, 2.75) is 43.8 Å². The maximum absolute atomic E-state index is 14.7. The molecule has 5 aromatic carbocycles. The van der Waals surface area contributed by atoms with Crippen LogP contribution in [-0.4, -0.2) is 35.7 Å². The number of ether oxygens (including phenoxy) is 2. The van der Waals surface area contributed by atoms with Crippen molar-refractivity contribution in [3.8, 4) is 16.9 Å². The lowest BCUT2D eigenvalue weighted by Gasteiger charge is -2.31. The molecule has 6 rings (SSSR count). The van der Waals surface area contributed by atoms with E-state index in [2.05, 4.69) is 20.9 Å². The molecule has 0 saturated carbocycles. The first-order valence-electron chi connectivity index (χ1n) is 17.2. The van der Waals surface area contributed by atoms with Gasteiger partial charge in [-0.3, -0.25) is 10.2 Å². The molecule has 1 aliphatic heterocycles. The zero-order chi connectivity index (χ0) is 38.0. The number of rotatable bonds is 15. The van der Waals surface area contributed by atoms with Crippen LogP contribution in [0, 0.1) is 0 Å². The average molecular weight is 735 g/mol. The minimum absolute atomic E-state index is 0.00573. The van der Waals surface area contributed by atoms with Gasteiger partial charge in [0.05, 0.1) is 18.7 Å². The zero-order valence-electron chi connectivity index (χ0n) is 29.0. The summed E-state index contributed by atoms with van der Waals surface area (Å²) < 4.78 is 51.8. The van der Waals surface area contributed by atoms with Gasteiger partial charge in [-0.25, -0.2) is 10.4 Å². The van der Waals surface area contributed by atoms with Gasteiger partial charge in [0.25, 0.3) is 5.91 Å². The van der Waals surface area contributed by atoms with Crippen LogP contribution in [0.5, 0.6) is 5.75 Å². The molecule has 0 bridgehead atoms. The number of aliphatic imine (C=N–C) groups is 1. The first-order chi connectivity index (χ1) is 26.2. The molecule has 0 spiro atoms. The van der Waals surface area contributed by atoms with Crippen molar-refractivity contribution in [2.75, 3.05) is 13.2 Å². The highest BCUT2D eigenvalue weighted by Gasteiger charge is 2.53. The van der Waals surface area contributed by atoms with Crippen LogP contribution >= 0.6 is 0 Å². The molecule has 1 amide bonds. The van der Waals surface area contributed by atoms with Crippen LogP contribution in [0.15, 0.2) is 138 Å². The molecule has 2 atom stereocenters. The monoisotopic (exact) mass is 734 g/mol. The summed E-state index contributed by atoms with van der Waals surface area (Å²) >= 11 is 0. The van der Waals surface area contributed by atoms with Crippen LogP contribution < -0.4 is 15.6 Å². The topological polar surface area (TPSA) is 141 Å². The number of hydrazine groups is 1. The molecule has 1 heterocycles. The first-order valence-corrected chi connectivity index (χ1v) is 17.2. The van der Waals surface area contributed by atoms with Gasteiger partial charge in [-0.15, -0.1) is 0 Å². The smallest absolute Gasteiger partial charge is 0.416 e. The zero-order valence-corrected chi connectivity index (χ0v) is 29.0. The summed E-state index contributed by atoms with van der Waals surface area (Å²) in [5.74, 6) is 0.242. The summed E-state index contributed by atoms with van der Waals surface area (Å²) in [5.41, 5.74) is 17.5. The quantitative estimate of drug-likeness (QED) is 0.0327. The van der Waals surface area contributed by atoms with Crippen LogP contribution in [0.3, 0.4) is 0 Å². The average Bonchev–Trinajstić information content (AvgIpc) is 3.58. The highest BCUT2D eigenvalue weighted by molar-refractivity contribution is 6.01. The van der Waals surface area contributed by atoms with Gasteiger partial charge in [0.15, 0.2) is 11.6 Å². The van der Waals surface area contributed by atoms with E-state index in [4.69, 9.17) is 25.1 Å². The van der Waals surface area contributed by atoms with Gasteiger partial charge in [0.1, 0.15) is 5.75 Å². The van der Waals surface area contributed by atoms with Crippen molar-refractivity contribution >= 4 is 11.8 Å². The Balaban J connectivity index is 1.39. The molecule has 0 radical (unpaired) electrons. The number of alkyl halides is 3. The number of aliphatic hydroxyl groups excluding tert-OH is 1. The molecule has 54 heavy (non-hydrogen) atoms. The number of carbonyl (C=O) groups excluding carboxylic acids is 1. The Bertz CT molecular complexity index is 2100. The van der Waals surface area contributed by atoms with E-state index in [9.17, 15) is 18.0 Å². The lowest BCUT2D eigenvalue weighted by atomic mass is 9.80. The van der Waals surface area contributed by atoms with Crippen molar-refractivity contribution in [1.82, 2.24) is 10.9 Å². The van der Waals surface area contributed by atoms with Gasteiger partial charge < -0.3 is 14.6 Å². The van der Waals surface area contributed by atoms with Crippen molar-refractivity contribution in [2.24, 2.45) is 10.1 Å². The summed E-state index contributed by atoms with van der Waals surface area (Å²) in [6.45, 7) is 0.416. The second-order valence-corrected chi connectivity index (χ2v) is 12.6. The molecule has 0 saturated heterocycles. The molecule has 1 aliphatic rings. The Kier molecular flexibility index (Phi) is 11.9. The van der Waals surface area contributed by atoms with E-state index < -0.39 is 29.3 Å². The van der Waals surface area contributed by atoms with E-state index in [1.807, 2.05) is 78.9 Å². The van der Waals surface area contributed by atoms with Crippen molar-refractivity contribution in [3.05, 3.63) is 171 Å². The molecule has 13 heteroatoms. The second-order valence-electron chi connectivity index (χ2n) is 12.6. The Hall–Kier alpha value is -6.14. The molecule has 0 aliphatic carbocycles. The molecule has 10 nitrogen and oxygen atoms in total. The minimum atomic E-state index is -4.47. The number of carbonyl (C=O) groups is 1. The van der Waals surface area contributed by atoms with Crippen LogP contribution in [-0.2, 0) is 35.2 Å². The number of benzene rings is 5. The fourth-order valence-corrected chi connectivity index (χ4v) is 6.19. The van der Waals surface area contributed by atoms with E-state index in [-0.39, 0.29) is 32.0 Å². The Morgan fingerprint density at radius 3 is 2.19 bits per heavy atom. The number of hydrogen-bond acceptors (Lipinski definition) is 7. The highest BCUT2D eigenvalue weighted by Crippen LogP contribution is 2.43. The second kappa shape index (κ2) is 17.1. The fourth-order valence-electron chi connectivity index (χ4n) is 6.19. The third-order valence-corrected chi connectivity index (χ3v) is 9.01. The number of azide groups is 1. The molecule has 3 N–H and O–H groups in total. The number of amides is 1. The summed E-state index contributed by atoms with van der Waals surface area (Å²) in [6, 6.07) is 36.5. The minimum Gasteiger partial charge on any atom is -0.494 e. The van der Waals surface area contributed by atoms with Crippen LogP contribution in [0.25, 0.3) is 21.6 Å². The third kappa shape index (κ3) is 8.89. The predicted molar refractivity (Wildman–Crippen MR) is 198 cm³/mol. The number of hydrogen-bond donors (Lipinski definition) is 3. The van der Waals surface area contributed by atoms with E-state index >= 15 is 0 Å². The maximum Gasteiger partial charge on any atom is 0.416 e. The maximum atomic E-state index is 14.7.